The third-order valence-electron chi connectivity index (χ3n) is 4.44. The number of amides is 1. The second-order valence-corrected chi connectivity index (χ2v) is 6.43. The van der Waals surface area contributed by atoms with Gasteiger partial charge in [-0.2, -0.15) is 0 Å². The predicted octanol–water partition coefficient (Wildman–Crippen LogP) is 2.93. The van der Waals surface area contributed by atoms with E-state index in [2.05, 4.69) is 20.6 Å². The maximum atomic E-state index is 13.6. The van der Waals surface area contributed by atoms with Gasteiger partial charge in [-0.3, -0.25) is 4.79 Å². The lowest BCUT2D eigenvalue weighted by molar-refractivity contribution is 0.0950. The summed E-state index contributed by atoms with van der Waals surface area (Å²) < 4.78 is 24.2. The van der Waals surface area contributed by atoms with Crippen LogP contribution in [0.15, 0.2) is 54.9 Å². The van der Waals surface area contributed by atoms with Crippen molar-refractivity contribution < 1.29 is 18.7 Å². The number of hydrogen-bond acceptors (Lipinski definition) is 6. The van der Waals surface area contributed by atoms with E-state index < -0.39 is 0 Å². The Morgan fingerprint density at radius 2 is 1.86 bits per heavy atom. The predicted molar refractivity (Wildman–Crippen MR) is 104 cm³/mol. The van der Waals surface area contributed by atoms with Crippen molar-refractivity contribution in [2.45, 2.75) is 13.0 Å². The highest BCUT2D eigenvalue weighted by molar-refractivity contribution is 5.93. The first-order valence-electron chi connectivity index (χ1n) is 9.15. The summed E-state index contributed by atoms with van der Waals surface area (Å²) in [6.07, 6.45) is 3.41. The Labute approximate surface area is 166 Å². The molecule has 3 aromatic rings. The summed E-state index contributed by atoms with van der Waals surface area (Å²) in [6, 6.07) is 12.1. The molecule has 2 aromatic carbocycles. The molecule has 0 aliphatic carbocycles. The number of ether oxygens (including phenoxy) is 2. The maximum absolute atomic E-state index is 13.6. The number of aromatic nitrogens is 2. The molecule has 0 saturated carbocycles. The molecular weight excluding hydrogens is 375 g/mol. The number of nitrogens with zero attached hydrogens (tertiary/aromatic N) is 2. The fourth-order valence-electron chi connectivity index (χ4n) is 2.88. The number of fused-ring (bicyclic) bond motifs is 1. The summed E-state index contributed by atoms with van der Waals surface area (Å²) in [5.41, 5.74) is 1.87. The van der Waals surface area contributed by atoms with Gasteiger partial charge in [0.05, 0.1) is 5.56 Å². The lowest BCUT2D eigenvalue weighted by Crippen LogP contribution is -2.23. The lowest BCUT2D eigenvalue weighted by atomic mass is 10.1. The molecule has 0 spiro atoms. The van der Waals surface area contributed by atoms with Crippen LogP contribution >= 0.6 is 0 Å². The molecule has 4 rings (SSSR count). The van der Waals surface area contributed by atoms with Crippen molar-refractivity contribution in [3.8, 4) is 11.5 Å². The van der Waals surface area contributed by atoms with Gasteiger partial charge in [0.2, 0.25) is 12.7 Å². The average Bonchev–Trinajstić information content (AvgIpc) is 3.22. The first-order valence-corrected chi connectivity index (χ1v) is 9.15. The van der Waals surface area contributed by atoms with Crippen LogP contribution in [0.1, 0.15) is 21.5 Å². The topological polar surface area (TPSA) is 85.4 Å². The molecule has 0 bridgehead atoms. The fraction of sp³-hybridized carbons (Fsp3) is 0.190. The minimum Gasteiger partial charge on any atom is -0.454 e. The zero-order valence-electron chi connectivity index (χ0n) is 15.5. The number of benzene rings is 2. The molecule has 7 nitrogen and oxygen atoms in total. The van der Waals surface area contributed by atoms with E-state index >= 15 is 0 Å². The highest BCUT2D eigenvalue weighted by Gasteiger charge is 2.14. The third kappa shape index (κ3) is 4.60. The van der Waals surface area contributed by atoms with Crippen molar-refractivity contribution in [3.05, 3.63) is 77.4 Å². The van der Waals surface area contributed by atoms with E-state index in [4.69, 9.17) is 9.47 Å². The van der Waals surface area contributed by atoms with Gasteiger partial charge in [-0.25, -0.2) is 14.4 Å². The Morgan fingerprint density at radius 3 is 2.69 bits per heavy atom. The van der Waals surface area contributed by atoms with Crippen molar-refractivity contribution >= 4 is 11.9 Å². The summed E-state index contributed by atoms with van der Waals surface area (Å²) >= 11 is 0. The van der Waals surface area contributed by atoms with Crippen LogP contribution in [0.4, 0.5) is 10.3 Å². The van der Waals surface area contributed by atoms with Crippen molar-refractivity contribution in [2.24, 2.45) is 0 Å². The van der Waals surface area contributed by atoms with Crippen molar-refractivity contribution in [1.29, 1.82) is 0 Å². The van der Waals surface area contributed by atoms with Gasteiger partial charge in [0.1, 0.15) is 5.82 Å². The van der Waals surface area contributed by atoms with E-state index in [1.54, 1.807) is 18.2 Å². The molecule has 2 N–H and O–H groups in total. The molecule has 0 fully saturated rings. The van der Waals surface area contributed by atoms with Crippen molar-refractivity contribution in [2.75, 3.05) is 18.7 Å². The number of nitrogens with one attached hydrogen (secondary N) is 2. The van der Waals surface area contributed by atoms with Crippen molar-refractivity contribution in [1.82, 2.24) is 15.3 Å². The van der Waals surface area contributed by atoms with Gasteiger partial charge in [-0.05, 0) is 35.7 Å². The molecule has 0 radical (unpaired) electrons. The van der Waals surface area contributed by atoms with E-state index in [1.807, 2.05) is 18.2 Å². The molecule has 8 heteroatoms. The van der Waals surface area contributed by atoms with Crippen LogP contribution in [0.3, 0.4) is 0 Å². The normalized spacial score (nSPS) is 11.9. The Morgan fingerprint density at radius 1 is 1.07 bits per heavy atom. The summed E-state index contributed by atoms with van der Waals surface area (Å²) in [5.74, 6) is 1.25. The second-order valence-electron chi connectivity index (χ2n) is 6.43. The van der Waals surface area contributed by atoms with E-state index in [0.717, 1.165) is 5.56 Å². The molecular formula is C21H19FN4O3. The second kappa shape index (κ2) is 8.55. The smallest absolute Gasteiger partial charge is 0.254 e. The Hall–Kier alpha value is -3.68. The van der Waals surface area contributed by atoms with Crippen LogP contribution in [0.5, 0.6) is 11.5 Å². The summed E-state index contributed by atoms with van der Waals surface area (Å²) in [7, 11) is 0. The highest BCUT2D eigenvalue weighted by atomic mass is 19.1. The monoisotopic (exact) mass is 394 g/mol. The number of carbonyl (C=O) groups is 1. The fourth-order valence-corrected chi connectivity index (χ4v) is 2.88. The largest absolute Gasteiger partial charge is 0.454 e. The van der Waals surface area contributed by atoms with E-state index in [-0.39, 0.29) is 18.5 Å². The van der Waals surface area contributed by atoms with Crippen LogP contribution in [-0.2, 0) is 13.0 Å². The van der Waals surface area contributed by atoms with Crippen LogP contribution in [0.25, 0.3) is 0 Å². The highest BCUT2D eigenvalue weighted by Crippen LogP contribution is 2.32. The van der Waals surface area contributed by atoms with Gasteiger partial charge < -0.3 is 20.1 Å². The maximum Gasteiger partial charge on any atom is 0.254 e. The minimum absolute atomic E-state index is 0.211. The third-order valence-corrected chi connectivity index (χ3v) is 4.44. The van der Waals surface area contributed by atoms with Crippen LogP contribution < -0.4 is 20.1 Å². The molecule has 1 aliphatic rings. The molecule has 1 aliphatic heterocycles. The SMILES string of the molecule is O=C(NCc1ccc2c(c1)OCO2)c1cnc(NCCc2ccccc2F)nc1. The first-order chi connectivity index (χ1) is 14.2. The molecule has 1 amide bonds. The standard InChI is InChI=1S/C21H19FN4O3/c22-17-4-2-1-3-15(17)7-8-23-21-25-11-16(12-26-21)20(27)24-10-14-5-6-18-19(9-14)29-13-28-18/h1-6,9,11-12H,7-8,10,13H2,(H,24,27)(H,23,25,26). The number of carbonyl (C=O) groups excluding carboxylic acids is 1. The first kappa shape index (κ1) is 18.7. The number of hydrogen-bond donors (Lipinski definition) is 2. The van der Waals surface area contributed by atoms with E-state index in [1.165, 1.54) is 18.5 Å². The number of halogens is 1. The average molecular weight is 394 g/mol. The number of rotatable bonds is 7. The van der Waals surface area contributed by atoms with Gasteiger partial charge >= 0.3 is 0 Å². The molecule has 2 heterocycles. The quantitative estimate of drug-likeness (QED) is 0.641. The molecule has 0 saturated heterocycles. The van der Waals surface area contributed by atoms with E-state index in [9.17, 15) is 9.18 Å². The lowest BCUT2D eigenvalue weighted by Gasteiger charge is -2.08. The summed E-state index contributed by atoms with van der Waals surface area (Å²) in [6.45, 7) is 1.04. The molecule has 0 atom stereocenters. The Balaban J connectivity index is 1.27. The molecule has 0 unspecified atom stereocenters. The summed E-state index contributed by atoms with van der Waals surface area (Å²) in [5, 5.41) is 5.84. The van der Waals surface area contributed by atoms with Gasteiger partial charge in [-0.1, -0.05) is 24.3 Å². The van der Waals surface area contributed by atoms with Gasteiger partial charge in [0, 0.05) is 25.5 Å². The number of anilines is 1. The van der Waals surface area contributed by atoms with Crippen LogP contribution in [-0.4, -0.2) is 29.2 Å². The Kier molecular flexibility index (Phi) is 5.51. The zero-order chi connectivity index (χ0) is 20.1. The van der Waals surface area contributed by atoms with Gasteiger partial charge in [-0.15, -0.1) is 0 Å². The molecule has 148 valence electrons. The van der Waals surface area contributed by atoms with Crippen molar-refractivity contribution in [3.63, 3.8) is 0 Å². The van der Waals surface area contributed by atoms with Crippen LogP contribution in [0, 0.1) is 5.82 Å². The summed E-state index contributed by atoms with van der Waals surface area (Å²) in [4.78, 5) is 20.6. The Bertz CT molecular complexity index is 1010. The van der Waals surface area contributed by atoms with E-state index in [0.29, 0.717) is 48.1 Å². The van der Waals surface area contributed by atoms with Crippen LogP contribution in [0.2, 0.25) is 0 Å². The van der Waals surface area contributed by atoms with Gasteiger partial charge in [0.15, 0.2) is 11.5 Å². The molecule has 1 aromatic heterocycles. The molecule has 29 heavy (non-hydrogen) atoms. The van der Waals surface area contributed by atoms with Gasteiger partial charge in [0.25, 0.3) is 5.91 Å². The zero-order valence-corrected chi connectivity index (χ0v) is 15.5. The minimum atomic E-state index is -0.277.